The second-order valence-corrected chi connectivity index (χ2v) is 7.59. The van der Waals surface area contributed by atoms with Crippen molar-refractivity contribution in [2.75, 3.05) is 18.2 Å². The largest absolute Gasteiger partial charge is 0.308 e. The van der Waals surface area contributed by atoms with Crippen LogP contribution in [0.5, 0.6) is 0 Å². The number of aromatic nitrogens is 1. The van der Waals surface area contributed by atoms with Crippen LogP contribution in [0.3, 0.4) is 0 Å². The summed E-state index contributed by atoms with van der Waals surface area (Å²) in [6, 6.07) is 2.72. The van der Waals surface area contributed by atoms with Gasteiger partial charge in [0.1, 0.15) is 5.82 Å². The van der Waals surface area contributed by atoms with Crippen LogP contribution in [0.1, 0.15) is 13.3 Å². The van der Waals surface area contributed by atoms with Crippen LogP contribution in [0, 0.1) is 0 Å². The first-order valence-electron chi connectivity index (χ1n) is 5.61. The lowest BCUT2D eigenvalue weighted by molar-refractivity contribution is 0.578. The Morgan fingerprint density at radius 2 is 2.21 bits per heavy atom. The lowest BCUT2D eigenvalue weighted by atomic mass is 10.3. The number of nitrogens with one attached hydrogen (secondary N) is 2. The highest BCUT2D eigenvalue weighted by Crippen LogP contribution is 2.11. The minimum absolute atomic E-state index is 0.0543. The number of nitrogens with zero attached hydrogens (tertiary/aromatic N) is 1. The van der Waals surface area contributed by atoms with Crippen LogP contribution in [0.15, 0.2) is 23.2 Å². The van der Waals surface area contributed by atoms with Crippen molar-refractivity contribution in [1.82, 2.24) is 9.71 Å². The number of nitrogens with two attached hydrogens (primary N) is 1. The fraction of sp³-hybridized carbons (Fsp3) is 0.500. The van der Waals surface area contributed by atoms with Crippen molar-refractivity contribution < 1.29 is 12.6 Å². The van der Waals surface area contributed by atoms with E-state index < -0.39 is 20.8 Å². The average molecular weight is 306 g/mol. The fourth-order valence-corrected chi connectivity index (χ4v) is 2.81. The summed E-state index contributed by atoms with van der Waals surface area (Å²) in [5.74, 6) is 5.44. The molecule has 0 bridgehead atoms. The van der Waals surface area contributed by atoms with Crippen molar-refractivity contribution >= 4 is 26.6 Å². The summed E-state index contributed by atoms with van der Waals surface area (Å²) in [5, 5.41) is -0.0543. The van der Waals surface area contributed by atoms with Crippen LogP contribution in [0.2, 0.25) is 0 Å². The summed E-state index contributed by atoms with van der Waals surface area (Å²) in [6.07, 6.45) is 3.46. The number of anilines is 1. The highest BCUT2D eigenvalue weighted by atomic mass is 32.2. The molecule has 2 atom stereocenters. The van der Waals surface area contributed by atoms with Gasteiger partial charge in [0.15, 0.2) is 0 Å². The van der Waals surface area contributed by atoms with E-state index in [2.05, 4.69) is 15.1 Å². The van der Waals surface area contributed by atoms with E-state index in [1.54, 1.807) is 6.26 Å². The highest BCUT2D eigenvalue weighted by molar-refractivity contribution is 7.89. The van der Waals surface area contributed by atoms with Crippen LogP contribution in [0.4, 0.5) is 5.82 Å². The summed E-state index contributed by atoms with van der Waals surface area (Å²) in [5.41, 5.74) is 2.29. The second-order valence-electron chi connectivity index (χ2n) is 4.02. The van der Waals surface area contributed by atoms with Gasteiger partial charge in [-0.1, -0.05) is 6.92 Å². The Labute approximate surface area is 115 Å². The first-order chi connectivity index (χ1) is 8.86. The Hall–Kier alpha value is -1.03. The molecule has 0 fully saturated rings. The van der Waals surface area contributed by atoms with Gasteiger partial charge in [-0.2, -0.15) is 0 Å². The lowest BCUT2D eigenvalue weighted by Crippen LogP contribution is -2.27. The maximum Gasteiger partial charge on any atom is 0.240 e. The molecule has 2 unspecified atom stereocenters. The highest BCUT2D eigenvalue weighted by Gasteiger charge is 2.15. The van der Waals surface area contributed by atoms with Crippen molar-refractivity contribution in [2.45, 2.75) is 23.5 Å². The van der Waals surface area contributed by atoms with Crippen LogP contribution in [-0.4, -0.2) is 35.7 Å². The normalized spacial score (nSPS) is 14.9. The zero-order chi connectivity index (χ0) is 14.5. The van der Waals surface area contributed by atoms with Gasteiger partial charge < -0.3 is 5.43 Å². The van der Waals surface area contributed by atoms with Crippen molar-refractivity contribution in [2.24, 2.45) is 5.84 Å². The van der Waals surface area contributed by atoms with Crippen LogP contribution in [-0.2, 0) is 20.8 Å². The number of sulfonamides is 1. The molecule has 9 heteroatoms. The zero-order valence-electron chi connectivity index (χ0n) is 10.8. The number of rotatable bonds is 7. The molecule has 19 heavy (non-hydrogen) atoms. The third-order valence-corrected chi connectivity index (χ3v) is 5.43. The number of pyridine rings is 1. The molecule has 0 spiro atoms. The fourth-order valence-electron chi connectivity index (χ4n) is 1.30. The molecule has 0 amide bonds. The van der Waals surface area contributed by atoms with Gasteiger partial charge in [-0.05, 0) is 12.5 Å². The average Bonchev–Trinajstić information content (AvgIpc) is 2.38. The van der Waals surface area contributed by atoms with E-state index in [1.807, 2.05) is 6.92 Å². The Bertz CT molecular complexity index is 547. The molecule has 1 aromatic rings. The van der Waals surface area contributed by atoms with E-state index in [0.717, 1.165) is 0 Å². The minimum Gasteiger partial charge on any atom is -0.308 e. The molecular formula is C10H18N4O3S2. The van der Waals surface area contributed by atoms with Crippen molar-refractivity contribution in [3.8, 4) is 0 Å². The van der Waals surface area contributed by atoms with Gasteiger partial charge in [0.25, 0.3) is 0 Å². The van der Waals surface area contributed by atoms with Crippen molar-refractivity contribution in [3.05, 3.63) is 18.3 Å². The summed E-state index contributed by atoms with van der Waals surface area (Å²) in [7, 11) is -4.56. The van der Waals surface area contributed by atoms with E-state index in [4.69, 9.17) is 5.84 Å². The topological polar surface area (TPSA) is 114 Å². The molecule has 1 aromatic heterocycles. The number of hydrogen-bond acceptors (Lipinski definition) is 6. The van der Waals surface area contributed by atoms with E-state index >= 15 is 0 Å². The standard InChI is InChI=1S/C10H18N4O3S2/c1-8(18(2)15)3-6-13-19(16,17)9-4-5-12-10(7-9)14-11/h4-5,7-8,13H,3,6,11H2,1-2H3,(H,12,14). The van der Waals surface area contributed by atoms with Crippen molar-refractivity contribution in [1.29, 1.82) is 0 Å². The molecule has 0 saturated heterocycles. The molecule has 0 aliphatic heterocycles. The summed E-state index contributed by atoms with van der Waals surface area (Å²) < 4.78 is 37.5. The molecule has 0 aromatic carbocycles. The maximum atomic E-state index is 12.0. The molecule has 7 nitrogen and oxygen atoms in total. The monoisotopic (exact) mass is 306 g/mol. The first kappa shape index (κ1) is 16.0. The Balaban J connectivity index is 2.68. The maximum absolute atomic E-state index is 12.0. The van der Waals surface area contributed by atoms with Gasteiger partial charge in [0.2, 0.25) is 10.0 Å². The van der Waals surface area contributed by atoms with Gasteiger partial charge in [-0.15, -0.1) is 0 Å². The number of nitrogen functional groups attached to an aromatic ring is 1. The summed E-state index contributed by atoms with van der Waals surface area (Å²) in [4.78, 5) is 3.92. The Morgan fingerprint density at radius 1 is 1.53 bits per heavy atom. The predicted octanol–water partition coefficient (Wildman–Crippen LogP) is -0.197. The Morgan fingerprint density at radius 3 is 2.79 bits per heavy atom. The smallest absolute Gasteiger partial charge is 0.240 e. The van der Waals surface area contributed by atoms with Gasteiger partial charge in [-0.25, -0.2) is 24.0 Å². The molecule has 0 aliphatic rings. The lowest BCUT2D eigenvalue weighted by Gasteiger charge is -2.10. The second kappa shape index (κ2) is 6.94. The van der Waals surface area contributed by atoms with Crippen molar-refractivity contribution in [3.63, 3.8) is 0 Å². The summed E-state index contributed by atoms with van der Waals surface area (Å²) >= 11 is 0. The molecule has 1 heterocycles. The van der Waals surface area contributed by atoms with E-state index in [1.165, 1.54) is 18.3 Å². The van der Waals surface area contributed by atoms with Crippen LogP contribution < -0.4 is 16.0 Å². The Kier molecular flexibility index (Phi) is 5.85. The summed E-state index contributed by atoms with van der Waals surface area (Å²) in [6.45, 7) is 2.05. The molecule has 0 aliphatic carbocycles. The van der Waals surface area contributed by atoms with E-state index in [0.29, 0.717) is 6.42 Å². The molecule has 0 radical (unpaired) electrons. The molecule has 1 rings (SSSR count). The minimum atomic E-state index is -3.60. The van der Waals surface area contributed by atoms with Gasteiger partial charge in [0.05, 0.1) is 4.90 Å². The molecule has 108 valence electrons. The molecule has 4 N–H and O–H groups in total. The quantitative estimate of drug-likeness (QED) is 0.475. The number of hydrazine groups is 1. The van der Waals surface area contributed by atoms with Gasteiger partial charge in [-0.3, -0.25) is 4.21 Å². The van der Waals surface area contributed by atoms with Crippen LogP contribution in [0.25, 0.3) is 0 Å². The molecule has 0 saturated carbocycles. The van der Waals surface area contributed by atoms with E-state index in [9.17, 15) is 12.6 Å². The third kappa shape index (κ3) is 4.86. The number of hydrogen-bond donors (Lipinski definition) is 3. The molecular weight excluding hydrogens is 288 g/mol. The van der Waals surface area contributed by atoms with Gasteiger partial charge in [0, 0.05) is 41.1 Å². The predicted molar refractivity (Wildman–Crippen MR) is 75.4 cm³/mol. The van der Waals surface area contributed by atoms with E-state index in [-0.39, 0.29) is 22.5 Å². The van der Waals surface area contributed by atoms with Crippen LogP contribution >= 0.6 is 0 Å². The first-order valence-corrected chi connectivity index (χ1v) is 8.72. The third-order valence-electron chi connectivity index (χ3n) is 2.60. The zero-order valence-corrected chi connectivity index (χ0v) is 12.4. The van der Waals surface area contributed by atoms with Gasteiger partial charge >= 0.3 is 0 Å². The SMILES string of the molecule is CC(CCNS(=O)(=O)c1ccnc(NN)c1)S(C)=O.